The smallest absolute Gasteiger partial charge is 0.215 e. The highest BCUT2D eigenvalue weighted by molar-refractivity contribution is 6.10. The summed E-state index contributed by atoms with van der Waals surface area (Å²) in [5, 5.41) is 6.08. The van der Waals surface area contributed by atoms with Crippen LogP contribution in [0.5, 0.6) is 0 Å². The second-order valence-corrected chi connectivity index (χ2v) is 7.71. The van der Waals surface area contributed by atoms with Gasteiger partial charge in [0.2, 0.25) is 5.78 Å². The Hall–Kier alpha value is -3.77. The topological polar surface area (TPSA) is 84.1 Å². The summed E-state index contributed by atoms with van der Waals surface area (Å²) in [5.41, 5.74) is 7.88. The molecule has 1 fully saturated rings. The number of nitrogens with one attached hydrogen (secondary N) is 1. The van der Waals surface area contributed by atoms with Crippen molar-refractivity contribution in [2.75, 3.05) is 30.3 Å². The monoisotopic (exact) mass is 415 g/mol. The number of carbonyl (C=O) groups excluding carboxylic acids is 1. The number of nitrogens with zero attached hydrogens (tertiary/aromatic N) is 3. The molecule has 0 amide bonds. The summed E-state index contributed by atoms with van der Waals surface area (Å²) in [7, 11) is 0. The molecule has 0 saturated carbocycles. The molecule has 0 radical (unpaired) electrons. The molecule has 3 heterocycles. The number of hydrogen-bond donors (Lipinski definition) is 2. The van der Waals surface area contributed by atoms with Crippen molar-refractivity contribution in [1.82, 2.24) is 15.3 Å². The van der Waals surface area contributed by atoms with Crippen LogP contribution in [0.2, 0.25) is 0 Å². The molecule has 2 aromatic carbocycles. The lowest BCUT2D eigenvalue weighted by atomic mass is 10.00. The SMILES string of the molecule is Nc1ncccc1C(=O)c1cccc(N2CCNC(c3ccc4ccccc4c3)C2)n1.[HH].[HH].[HH]. The van der Waals surface area contributed by atoms with Crippen molar-refractivity contribution < 1.29 is 9.07 Å². The van der Waals surface area contributed by atoms with E-state index in [0.717, 1.165) is 25.5 Å². The van der Waals surface area contributed by atoms with Gasteiger partial charge < -0.3 is 16.0 Å². The number of carbonyl (C=O) groups is 1. The predicted octanol–water partition coefficient (Wildman–Crippen LogP) is 4.33. The first-order valence-electron chi connectivity index (χ1n) is 10.4. The Morgan fingerprint density at radius 1 is 1.03 bits per heavy atom. The fraction of sp³-hybridized carbons (Fsp3) is 0.160. The van der Waals surface area contributed by atoms with E-state index in [9.17, 15) is 4.79 Å². The number of nitrogens with two attached hydrogens (primary N) is 1. The minimum atomic E-state index is -0.214. The Labute approximate surface area is 185 Å². The van der Waals surface area contributed by atoms with E-state index in [1.807, 2.05) is 12.1 Å². The van der Waals surface area contributed by atoms with Crippen LogP contribution < -0.4 is 16.0 Å². The van der Waals surface area contributed by atoms with Crippen molar-refractivity contribution >= 4 is 28.2 Å². The third-order valence-electron chi connectivity index (χ3n) is 5.73. The molecule has 1 aliphatic rings. The zero-order chi connectivity index (χ0) is 21.2. The van der Waals surface area contributed by atoms with Gasteiger partial charge in [-0.05, 0) is 46.7 Å². The van der Waals surface area contributed by atoms with Gasteiger partial charge in [-0.2, -0.15) is 0 Å². The molecule has 2 aromatic heterocycles. The minimum absolute atomic E-state index is 0. The second kappa shape index (κ2) is 8.16. The third-order valence-corrected chi connectivity index (χ3v) is 5.73. The lowest BCUT2D eigenvalue weighted by Crippen LogP contribution is -2.46. The number of anilines is 2. The van der Waals surface area contributed by atoms with E-state index in [0.29, 0.717) is 11.3 Å². The highest BCUT2D eigenvalue weighted by Gasteiger charge is 2.23. The summed E-state index contributed by atoms with van der Waals surface area (Å²) in [6, 6.07) is 24.1. The first kappa shape index (κ1) is 19.2. The average Bonchev–Trinajstić information content (AvgIpc) is 2.84. The van der Waals surface area contributed by atoms with Gasteiger partial charge in [0.1, 0.15) is 17.3 Å². The van der Waals surface area contributed by atoms with E-state index in [1.54, 1.807) is 24.4 Å². The predicted molar refractivity (Wildman–Crippen MR) is 130 cm³/mol. The van der Waals surface area contributed by atoms with E-state index in [1.165, 1.54) is 16.3 Å². The molecule has 1 atom stereocenters. The Balaban J connectivity index is 0.00000136. The van der Waals surface area contributed by atoms with E-state index in [-0.39, 0.29) is 21.9 Å². The molecule has 6 nitrogen and oxygen atoms in total. The number of benzene rings is 2. The summed E-state index contributed by atoms with van der Waals surface area (Å²) in [4.78, 5) is 23.8. The van der Waals surface area contributed by atoms with Crippen molar-refractivity contribution in [3.05, 3.63) is 95.8 Å². The van der Waals surface area contributed by atoms with Gasteiger partial charge in [-0.3, -0.25) is 4.79 Å². The fourth-order valence-corrected chi connectivity index (χ4v) is 4.08. The number of fused-ring (bicyclic) bond motifs is 1. The number of hydrogen-bond acceptors (Lipinski definition) is 6. The maximum atomic E-state index is 12.9. The Morgan fingerprint density at radius 2 is 1.90 bits per heavy atom. The van der Waals surface area contributed by atoms with Crippen LogP contribution in [0.4, 0.5) is 11.6 Å². The van der Waals surface area contributed by atoms with Gasteiger partial charge in [-0.15, -0.1) is 0 Å². The summed E-state index contributed by atoms with van der Waals surface area (Å²) < 4.78 is 0. The van der Waals surface area contributed by atoms with Crippen LogP contribution in [0.1, 0.15) is 31.9 Å². The quantitative estimate of drug-likeness (QED) is 0.483. The van der Waals surface area contributed by atoms with Gasteiger partial charge in [0.15, 0.2) is 0 Å². The molecular weight excluding hydrogens is 386 g/mol. The molecule has 0 bridgehead atoms. The minimum Gasteiger partial charge on any atom is -0.383 e. The Kier molecular flexibility index (Phi) is 5.06. The highest BCUT2D eigenvalue weighted by atomic mass is 16.1. The summed E-state index contributed by atoms with van der Waals surface area (Å²) in [6.07, 6.45) is 1.57. The lowest BCUT2D eigenvalue weighted by Gasteiger charge is -2.35. The van der Waals surface area contributed by atoms with E-state index in [2.05, 4.69) is 62.6 Å². The molecule has 3 N–H and O–H groups in total. The lowest BCUT2D eigenvalue weighted by molar-refractivity contribution is 0.103. The first-order chi connectivity index (χ1) is 15.2. The van der Waals surface area contributed by atoms with E-state index >= 15 is 0 Å². The number of pyridine rings is 2. The zero-order valence-corrected chi connectivity index (χ0v) is 17.0. The van der Waals surface area contributed by atoms with Crippen LogP contribution in [0, 0.1) is 0 Å². The van der Waals surface area contributed by atoms with Gasteiger partial charge in [0, 0.05) is 36.2 Å². The van der Waals surface area contributed by atoms with Gasteiger partial charge in [-0.1, -0.05) is 42.5 Å². The van der Waals surface area contributed by atoms with Gasteiger partial charge in [0.25, 0.3) is 0 Å². The molecule has 5 rings (SSSR count). The van der Waals surface area contributed by atoms with Crippen LogP contribution in [0.3, 0.4) is 0 Å². The molecule has 0 spiro atoms. The molecule has 31 heavy (non-hydrogen) atoms. The van der Waals surface area contributed by atoms with Crippen molar-refractivity contribution in [2.45, 2.75) is 6.04 Å². The number of piperazine rings is 1. The number of rotatable bonds is 4. The van der Waals surface area contributed by atoms with Crippen LogP contribution in [-0.2, 0) is 0 Å². The largest absolute Gasteiger partial charge is 0.383 e. The average molecular weight is 416 g/mol. The molecular formula is C25H29N5O. The number of aromatic nitrogens is 2. The van der Waals surface area contributed by atoms with Crippen molar-refractivity contribution in [3.8, 4) is 0 Å². The fourth-order valence-electron chi connectivity index (χ4n) is 4.08. The van der Waals surface area contributed by atoms with Crippen molar-refractivity contribution in [1.29, 1.82) is 0 Å². The first-order valence-corrected chi connectivity index (χ1v) is 10.4. The maximum Gasteiger partial charge on any atom is 0.215 e. The molecule has 1 saturated heterocycles. The molecule has 1 aliphatic heterocycles. The number of ketones is 1. The zero-order valence-electron chi connectivity index (χ0n) is 17.0. The van der Waals surface area contributed by atoms with Crippen molar-refractivity contribution in [2.24, 2.45) is 0 Å². The summed E-state index contributed by atoms with van der Waals surface area (Å²) in [5.74, 6) is 0.799. The number of nitrogen functional groups attached to an aromatic ring is 1. The van der Waals surface area contributed by atoms with E-state index in [4.69, 9.17) is 5.73 Å². The Morgan fingerprint density at radius 3 is 2.77 bits per heavy atom. The van der Waals surface area contributed by atoms with E-state index < -0.39 is 0 Å². The van der Waals surface area contributed by atoms with Crippen LogP contribution >= 0.6 is 0 Å². The highest BCUT2D eigenvalue weighted by Crippen LogP contribution is 2.25. The standard InChI is InChI=1S/C25H23N5O.3H2/c26-25-20(7-4-12-28-25)24(31)21-8-3-9-23(29-21)30-14-13-27-22(16-30)19-11-10-17-5-1-2-6-18(17)15-19;;;/h1-12,15,22,27H,13-14,16H2,(H2,26,28);3*1H. The molecule has 6 heteroatoms. The van der Waals surface area contributed by atoms with Gasteiger partial charge >= 0.3 is 0 Å². The summed E-state index contributed by atoms with van der Waals surface area (Å²) >= 11 is 0. The van der Waals surface area contributed by atoms with Gasteiger partial charge in [-0.25, -0.2) is 9.97 Å². The van der Waals surface area contributed by atoms with Crippen LogP contribution in [0.15, 0.2) is 79.0 Å². The molecule has 1 unspecified atom stereocenters. The van der Waals surface area contributed by atoms with Gasteiger partial charge in [0.05, 0.1) is 5.56 Å². The maximum absolute atomic E-state index is 12.9. The molecule has 0 aliphatic carbocycles. The van der Waals surface area contributed by atoms with Crippen LogP contribution in [-0.4, -0.2) is 35.4 Å². The van der Waals surface area contributed by atoms with Crippen LogP contribution in [0.25, 0.3) is 10.8 Å². The molecule has 160 valence electrons. The normalized spacial score (nSPS) is 16.4. The Bertz CT molecular complexity index is 1270. The second-order valence-electron chi connectivity index (χ2n) is 7.71. The third kappa shape index (κ3) is 3.85. The molecule has 4 aromatic rings. The van der Waals surface area contributed by atoms with Crippen molar-refractivity contribution in [3.63, 3.8) is 0 Å². The summed E-state index contributed by atoms with van der Waals surface area (Å²) in [6.45, 7) is 2.44.